The van der Waals surface area contributed by atoms with Crippen molar-refractivity contribution in [3.8, 4) is 5.75 Å². The molecule has 0 radical (unpaired) electrons. The number of aromatic nitrogens is 2. The molecule has 3 aromatic rings. The molecule has 0 saturated heterocycles. The number of ether oxygens (including phenoxy) is 1. The second-order valence-corrected chi connectivity index (χ2v) is 6.50. The molecule has 1 unspecified atom stereocenters. The zero-order valence-corrected chi connectivity index (χ0v) is 13.9. The van der Waals surface area contributed by atoms with Gasteiger partial charge in [0.2, 0.25) is 0 Å². The zero-order chi connectivity index (χ0) is 17.1. The van der Waals surface area contributed by atoms with E-state index in [-0.39, 0.29) is 24.5 Å². The summed E-state index contributed by atoms with van der Waals surface area (Å²) >= 11 is 1.49. The van der Waals surface area contributed by atoms with Crippen molar-refractivity contribution in [2.24, 2.45) is 0 Å². The van der Waals surface area contributed by atoms with Crippen molar-refractivity contribution in [2.45, 2.75) is 26.0 Å². The van der Waals surface area contributed by atoms with Gasteiger partial charge in [-0.3, -0.25) is 9.36 Å². The maximum atomic E-state index is 13.5. The molecular weight excluding hydrogens is 331 g/mol. The minimum absolute atomic E-state index is 0.0352. The molecule has 0 amide bonds. The first-order valence-electron chi connectivity index (χ1n) is 7.61. The third-order valence-corrected chi connectivity index (χ3v) is 4.78. The molecular formula is C17H17FN2O3S. The Hall–Kier alpha value is -2.25. The summed E-state index contributed by atoms with van der Waals surface area (Å²) in [7, 11) is 0. The number of thiophene rings is 1. The van der Waals surface area contributed by atoms with Crippen LogP contribution in [0.15, 0.2) is 41.5 Å². The Balaban J connectivity index is 1.71. The Morgan fingerprint density at radius 3 is 2.96 bits per heavy atom. The third kappa shape index (κ3) is 3.47. The van der Waals surface area contributed by atoms with Crippen LogP contribution in [0.3, 0.4) is 0 Å². The molecule has 2 heterocycles. The molecule has 0 aliphatic heterocycles. The predicted molar refractivity (Wildman–Crippen MR) is 91.2 cm³/mol. The van der Waals surface area contributed by atoms with Crippen LogP contribution >= 0.6 is 11.3 Å². The van der Waals surface area contributed by atoms with Crippen LogP contribution in [0, 0.1) is 5.82 Å². The zero-order valence-electron chi connectivity index (χ0n) is 13.1. The van der Waals surface area contributed by atoms with Gasteiger partial charge in [0.1, 0.15) is 17.5 Å². The van der Waals surface area contributed by atoms with Gasteiger partial charge in [-0.15, -0.1) is 11.3 Å². The maximum Gasteiger partial charge on any atom is 0.262 e. The number of aryl methyl sites for hydroxylation is 1. The fourth-order valence-corrected chi connectivity index (χ4v) is 3.27. The van der Waals surface area contributed by atoms with Crippen LogP contribution in [0.1, 0.15) is 11.8 Å². The minimum Gasteiger partial charge on any atom is -0.488 e. The minimum atomic E-state index is -0.953. The predicted octanol–water partition coefficient (Wildman–Crippen LogP) is 2.60. The first-order chi connectivity index (χ1) is 11.6. The SMILES string of the molecule is CCc1cc2c(=O)n(CC(O)COc3ccccc3F)cnc2s1. The normalized spacial score (nSPS) is 12.5. The summed E-state index contributed by atoms with van der Waals surface area (Å²) < 4.78 is 20.1. The number of aliphatic hydroxyl groups is 1. The largest absolute Gasteiger partial charge is 0.488 e. The Morgan fingerprint density at radius 2 is 2.21 bits per heavy atom. The first kappa shape index (κ1) is 16.6. The molecule has 7 heteroatoms. The van der Waals surface area contributed by atoms with Gasteiger partial charge in [0.05, 0.1) is 18.3 Å². The van der Waals surface area contributed by atoms with Crippen LogP contribution in [-0.2, 0) is 13.0 Å². The average molecular weight is 348 g/mol. The number of para-hydroxylation sites is 1. The Kier molecular flexibility index (Phi) is 4.92. The van der Waals surface area contributed by atoms with Gasteiger partial charge in [-0.1, -0.05) is 19.1 Å². The third-order valence-electron chi connectivity index (χ3n) is 3.59. The molecule has 126 valence electrons. The highest BCUT2D eigenvalue weighted by Crippen LogP contribution is 2.21. The van der Waals surface area contributed by atoms with Crippen molar-refractivity contribution in [3.63, 3.8) is 0 Å². The van der Waals surface area contributed by atoms with Gasteiger partial charge >= 0.3 is 0 Å². The molecule has 0 aliphatic carbocycles. The molecule has 2 aromatic heterocycles. The molecule has 5 nitrogen and oxygen atoms in total. The fraction of sp³-hybridized carbons (Fsp3) is 0.294. The van der Waals surface area contributed by atoms with Crippen LogP contribution in [0.25, 0.3) is 10.2 Å². The summed E-state index contributed by atoms with van der Waals surface area (Å²) in [6.07, 6.45) is 1.32. The van der Waals surface area contributed by atoms with E-state index >= 15 is 0 Å². The lowest BCUT2D eigenvalue weighted by Gasteiger charge is -2.14. The summed E-state index contributed by atoms with van der Waals surface area (Å²) in [5.74, 6) is -0.418. The standard InChI is InChI=1S/C17H17FN2O3S/c1-2-12-7-13-16(24-12)19-10-20(17(13)22)8-11(21)9-23-15-6-4-3-5-14(15)18/h3-7,10-11,21H,2,8-9H2,1H3. The summed E-state index contributed by atoms with van der Waals surface area (Å²) in [5, 5.41) is 10.6. The second kappa shape index (κ2) is 7.11. The fourth-order valence-electron chi connectivity index (χ4n) is 2.34. The van der Waals surface area contributed by atoms with Crippen LogP contribution in [0.5, 0.6) is 5.75 Å². The molecule has 0 bridgehead atoms. The molecule has 3 rings (SSSR count). The molecule has 1 N–H and O–H groups in total. The van der Waals surface area contributed by atoms with E-state index in [1.165, 1.54) is 34.4 Å². The van der Waals surface area contributed by atoms with E-state index in [2.05, 4.69) is 4.98 Å². The smallest absolute Gasteiger partial charge is 0.262 e. The number of halogens is 1. The van der Waals surface area contributed by atoms with Crippen LogP contribution in [-0.4, -0.2) is 27.4 Å². The second-order valence-electron chi connectivity index (χ2n) is 5.38. The maximum absolute atomic E-state index is 13.5. The van der Waals surface area contributed by atoms with Crippen molar-refractivity contribution in [3.05, 3.63) is 57.7 Å². The number of aliphatic hydroxyl groups excluding tert-OH is 1. The average Bonchev–Trinajstić information content (AvgIpc) is 3.01. The lowest BCUT2D eigenvalue weighted by Crippen LogP contribution is -2.30. The number of hydrogen-bond acceptors (Lipinski definition) is 5. The van der Waals surface area contributed by atoms with Gasteiger partial charge in [0.15, 0.2) is 11.6 Å². The molecule has 24 heavy (non-hydrogen) atoms. The van der Waals surface area contributed by atoms with Crippen molar-refractivity contribution >= 4 is 21.6 Å². The summed E-state index contributed by atoms with van der Waals surface area (Å²) in [4.78, 5) is 18.5. The summed E-state index contributed by atoms with van der Waals surface area (Å²) in [5.41, 5.74) is -0.194. The monoisotopic (exact) mass is 348 g/mol. The van der Waals surface area contributed by atoms with Crippen LogP contribution in [0.4, 0.5) is 4.39 Å². The number of hydrogen-bond donors (Lipinski definition) is 1. The lowest BCUT2D eigenvalue weighted by atomic mass is 10.3. The van der Waals surface area contributed by atoms with Crippen molar-refractivity contribution < 1.29 is 14.2 Å². The van der Waals surface area contributed by atoms with Crippen molar-refractivity contribution in [2.75, 3.05) is 6.61 Å². The van der Waals surface area contributed by atoms with E-state index in [4.69, 9.17) is 4.74 Å². The van der Waals surface area contributed by atoms with E-state index < -0.39 is 11.9 Å². The van der Waals surface area contributed by atoms with Gasteiger partial charge in [-0.25, -0.2) is 9.37 Å². The number of nitrogens with zero attached hydrogens (tertiary/aromatic N) is 2. The Labute approximate surface area is 142 Å². The van der Waals surface area contributed by atoms with E-state index in [1.807, 2.05) is 13.0 Å². The molecule has 0 saturated carbocycles. The van der Waals surface area contributed by atoms with E-state index in [9.17, 15) is 14.3 Å². The van der Waals surface area contributed by atoms with Gasteiger partial charge in [0.25, 0.3) is 5.56 Å². The lowest BCUT2D eigenvalue weighted by molar-refractivity contribution is 0.0895. The van der Waals surface area contributed by atoms with Crippen LogP contribution < -0.4 is 10.3 Å². The van der Waals surface area contributed by atoms with E-state index in [1.54, 1.807) is 12.1 Å². The highest BCUT2D eigenvalue weighted by molar-refractivity contribution is 7.18. The van der Waals surface area contributed by atoms with Gasteiger partial charge < -0.3 is 9.84 Å². The van der Waals surface area contributed by atoms with Gasteiger partial charge in [0, 0.05) is 4.88 Å². The van der Waals surface area contributed by atoms with Crippen molar-refractivity contribution in [1.29, 1.82) is 0 Å². The molecule has 1 atom stereocenters. The Bertz CT molecular complexity index is 906. The first-order valence-corrected chi connectivity index (χ1v) is 8.43. The number of benzene rings is 1. The molecule has 0 fully saturated rings. The number of fused-ring (bicyclic) bond motifs is 1. The molecule has 0 aliphatic rings. The topological polar surface area (TPSA) is 64.4 Å². The summed E-state index contributed by atoms with van der Waals surface area (Å²) in [6, 6.07) is 7.82. The Morgan fingerprint density at radius 1 is 1.42 bits per heavy atom. The number of rotatable bonds is 6. The van der Waals surface area contributed by atoms with Crippen molar-refractivity contribution in [1.82, 2.24) is 9.55 Å². The van der Waals surface area contributed by atoms with Gasteiger partial charge in [-0.05, 0) is 24.6 Å². The molecule has 0 spiro atoms. The van der Waals surface area contributed by atoms with Gasteiger partial charge in [-0.2, -0.15) is 0 Å². The highest BCUT2D eigenvalue weighted by atomic mass is 32.1. The van der Waals surface area contributed by atoms with E-state index in [0.29, 0.717) is 10.2 Å². The van der Waals surface area contributed by atoms with Crippen LogP contribution in [0.2, 0.25) is 0 Å². The highest BCUT2D eigenvalue weighted by Gasteiger charge is 2.13. The summed E-state index contributed by atoms with van der Waals surface area (Å²) in [6.45, 7) is 1.94. The van der Waals surface area contributed by atoms with E-state index in [0.717, 1.165) is 11.3 Å². The molecule has 1 aromatic carbocycles. The quantitative estimate of drug-likeness (QED) is 0.744.